The van der Waals surface area contributed by atoms with Gasteiger partial charge in [0.15, 0.2) is 0 Å². The van der Waals surface area contributed by atoms with Gasteiger partial charge < -0.3 is 5.11 Å². The fraction of sp³-hybridized carbons (Fsp3) is 0.0833. The number of nitrogens with zero attached hydrogens (tertiary/aromatic N) is 2. The summed E-state index contributed by atoms with van der Waals surface area (Å²) in [6, 6.07) is 8.25. The molecule has 1 aromatic carbocycles. The summed E-state index contributed by atoms with van der Waals surface area (Å²) in [5.41, 5.74) is 0.0229. The van der Waals surface area contributed by atoms with Gasteiger partial charge >= 0.3 is 5.97 Å². The third kappa shape index (κ3) is 2.19. The van der Waals surface area contributed by atoms with Gasteiger partial charge in [-0.25, -0.2) is 4.79 Å². The second kappa shape index (κ2) is 4.73. The van der Waals surface area contributed by atoms with Crippen molar-refractivity contribution < 1.29 is 9.90 Å². The van der Waals surface area contributed by atoms with E-state index in [2.05, 4.69) is 21.0 Å². The van der Waals surface area contributed by atoms with E-state index in [1.54, 1.807) is 31.2 Å². The van der Waals surface area contributed by atoms with Crippen LogP contribution in [0.1, 0.15) is 16.1 Å². The van der Waals surface area contributed by atoms with Crippen LogP contribution in [0.25, 0.3) is 5.69 Å². The molecular weight excluding hydrogens is 300 g/mol. The van der Waals surface area contributed by atoms with Crippen LogP contribution in [0.15, 0.2) is 39.6 Å². The number of hydrogen-bond acceptors (Lipinski definition) is 3. The topological polar surface area (TPSA) is 72.2 Å². The normalized spacial score (nSPS) is 10.3. The Morgan fingerprint density at radius 2 is 2.06 bits per heavy atom. The van der Waals surface area contributed by atoms with Gasteiger partial charge in [-0.2, -0.15) is 9.78 Å². The third-order valence-electron chi connectivity index (χ3n) is 2.34. The molecule has 92 valence electrons. The van der Waals surface area contributed by atoms with Gasteiger partial charge in [0, 0.05) is 4.47 Å². The molecule has 0 spiro atoms. The number of halogens is 1. The highest BCUT2D eigenvalue weighted by atomic mass is 79.9. The van der Waals surface area contributed by atoms with Crippen molar-refractivity contribution in [1.29, 1.82) is 0 Å². The Hall–Kier alpha value is -1.95. The molecule has 0 atom stereocenters. The van der Waals surface area contributed by atoms with Crippen molar-refractivity contribution in [3.05, 3.63) is 56.4 Å². The minimum absolute atomic E-state index is 0.293. The Balaban J connectivity index is 2.77. The van der Waals surface area contributed by atoms with Crippen molar-refractivity contribution in [3.8, 4) is 5.69 Å². The van der Waals surface area contributed by atoms with Crippen LogP contribution in [-0.2, 0) is 0 Å². The molecule has 5 nitrogen and oxygen atoms in total. The van der Waals surface area contributed by atoms with Crippen LogP contribution in [0.3, 0.4) is 0 Å². The third-order valence-corrected chi connectivity index (χ3v) is 3.02. The minimum Gasteiger partial charge on any atom is -0.477 e. The summed E-state index contributed by atoms with van der Waals surface area (Å²) in [6.07, 6.45) is 0. The van der Waals surface area contributed by atoms with Gasteiger partial charge in [0.05, 0.1) is 11.4 Å². The number of aromatic carboxylic acids is 1. The summed E-state index contributed by atoms with van der Waals surface area (Å²) < 4.78 is 1.75. The van der Waals surface area contributed by atoms with Crippen LogP contribution in [0.2, 0.25) is 0 Å². The molecule has 18 heavy (non-hydrogen) atoms. The number of para-hydroxylation sites is 1. The Labute approximate surface area is 111 Å². The maximum absolute atomic E-state index is 12.0. The molecule has 6 heteroatoms. The lowest BCUT2D eigenvalue weighted by molar-refractivity contribution is 0.0694. The zero-order valence-corrected chi connectivity index (χ0v) is 11.0. The highest BCUT2D eigenvalue weighted by molar-refractivity contribution is 9.10. The maximum atomic E-state index is 12.0. The Morgan fingerprint density at radius 1 is 1.39 bits per heavy atom. The molecule has 0 aliphatic rings. The lowest BCUT2D eigenvalue weighted by atomic mass is 10.2. The molecule has 2 rings (SSSR count). The molecule has 1 N–H and O–H groups in total. The van der Waals surface area contributed by atoms with Gasteiger partial charge in [-0.3, -0.25) is 4.79 Å². The molecule has 0 fully saturated rings. The van der Waals surface area contributed by atoms with Crippen LogP contribution in [0.4, 0.5) is 0 Å². The monoisotopic (exact) mass is 308 g/mol. The quantitative estimate of drug-likeness (QED) is 0.921. The van der Waals surface area contributed by atoms with Gasteiger partial charge in [0.2, 0.25) is 0 Å². The molecule has 1 heterocycles. The molecule has 0 bridgehead atoms. The largest absolute Gasteiger partial charge is 0.477 e. The number of benzene rings is 1. The summed E-state index contributed by atoms with van der Waals surface area (Å²) in [6.45, 7) is 1.64. The van der Waals surface area contributed by atoms with Crippen LogP contribution in [0.5, 0.6) is 0 Å². The first-order valence-electron chi connectivity index (χ1n) is 5.10. The maximum Gasteiger partial charge on any atom is 0.341 e. The van der Waals surface area contributed by atoms with Crippen LogP contribution >= 0.6 is 15.9 Å². The van der Waals surface area contributed by atoms with E-state index in [0.717, 1.165) is 4.68 Å². The minimum atomic E-state index is -1.26. The van der Waals surface area contributed by atoms with E-state index in [-0.39, 0.29) is 5.56 Å². The van der Waals surface area contributed by atoms with Gasteiger partial charge in [0.1, 0.15) is 5.56 Å². The molecule has 0 aliphatic carbocycles. The number of carboxylic acid groups (broad SMARTS) is 1. The molecule has 0 aliphatic heterocycles. The van der Waals surface area contributed by atoms with Gasteiger partial charge in [-0.05, 0) is 41.1 Å². The summed E-state index contributed by atoms with van der Waals surface area (Å²) >= 11 is 3.31. The molecule has 1 aromatic heterocycles. The van der Waals surface area contributed by atoms with Crippen molar-refractivity contribution in [2.75, 3.05) is 0 Å². The summed E-state index contributed by atoms with van der Waals surface area (Å²) in [7, 11) is 0. The first-order chi connectivity index (χ1) is 8.50. The van der Waals surface area contributed by atoms with E-state index in [0.29, 0.717) is 15.9 Å². The van der Waals surface area contributed by atoms with Crippen molar-refractivity contribution in [1.82, 2.24) is 9.78 Å². The first-order valence-corrected chi connectivity index (χ1v) is 5.89. The Kier molecular flexibility index (Phi) is 3.29. The van der Waals surface area contributed by atoms with Gasteiger partial charge in [0.25, 0.3) is 5.56 Å². The molecular formula is C12H9BrN2O3. The average molecular weight is 309 g/mol. The number of carbonyl (C=O) groups is 1. The second-order valence-corrected chi connectivity index (χ2v) is 4.53. The highest BCUT2D eigenvalue weighted by Gasteiger charge is 2.15. The number of carboxylic acids is 1. The predicted octanol–water partition coefficient (Wildman–Crippen LogP) is 2.00. The van der Waals surface area contributed by atoms with Crippen molar-refractivity contribution in [2.45, 2.75) is 6.92 Å². The molecule has 0 radical (unpaired) electrons. The van der Waals surface area contributed by atoms with Crippen LogP contribution in [-0.4, -0.2) is 20.9 Å². The highest BCUT2D eigenvalue weighted by Crippen LogP contribution is 2.18. The number of aryl methyl sites for hydroxylation is 1. The van der Waals surface area contributed by atoms with Crippen LogP contribution < -0.4 is 5.56 Å². The van der Waals surface area contributed by atoms with E-state index in [1.807, 2.05) is 0 Å². The lowest BCUT2D eigenvalue weighted by Crippen LogP contribution is -2.28. The fourth-order valence-electron chi connectivity index (χ4n) is 1.56. The lowest BCUT2D eigenvalue weighted by Gasteiger charge is -2.08. The summed E-state index contributed by atoms with van der Waals surface area (Å²) in [5.74, 6) is -1.26. The zero-order valence-electron chi connectivity index (χ0n) is 9.42. The van der Waals surface area contributed by atoms with Crippen molar-refractivity contribution in [3.63, 3.8) is 0 Å². The predicted molar refractivity (Wildman–Crippen MR) is 69.2 cm³/mol. The number of rotatable bonds is 2. The Morgan fingerprint density at radius 3 is 2.67 bits per heavy atom. The molecule has 0 saturated carbocycles. The van der Waals surface area contributed by atoms with Gasteiger partial charge in [-0.1, -0.05) is 12.1 Å². The van der Waals surface area contributed by atoms with Gasteiger partial charge in [-0.15, -0.1) is 0 Å². The molecule has 2 aromatic rings. The number of aromatic nitrogens is 2. The van der Waals surface area contributed by atoms with Crippen LogP contribution in [0, 0.1) is 6.92 Å². The standard InChI is InChI=1S/C12H9BrN2O3/c1-7-6-8(12(17)18)11(16)15(14-7)10-5-3-2-4-9(10)13/h2-6H,1H3,(H,17,18). The van der Waals surface area contributed by atoms with E-state index >= 15 is 0 Å². The van der Waals surface area contributed by atoms with Crippen molar-refractivity contribution in [2.24, 2.45) is 0 Å². The molecule has 0 saturated heterocycles. The molecule has 0 amide bonds. The van der Waals surface area contributed by atoms with E-state index in [1.165, 1.54) is 6.07 Å². The smallest absolute Gasteiger partial charge is 0.341 e. The molecule has 0 unspecified atom stereocenters. The van der Waals surface area contributed by atoms with Crippen molar-refractivity contribution >= 4 is 21.9 Å². The average Bonchev–Trinajstić information content (AvgIpc) is 2.32. The zero-order chi connectivity index (χ0) is 13.3. The summed E-state index contributed by atoms with van der Waals surface area (Å²) in [5, 5.41) is 13.0. The first kappa shape index (κ1) is 12.5. The fourth-order valence-corrected chi connectivity index (χ4v) is 2.01. The van der Waals surface area contributed by atoms with E-state index in [4.69, 9.17) is 5.11 Å². The number of hydrogen-bond donors (Lipinski definition) is 1. The summed E-state index contributed by atoms with van der Waals surface area (Å²) in [4.78, 5) is 23.0. The van der Waals surface area contributed by atoms with E-state index < -0.39 is 11.5 Å². The SMILES string of the molecule is Cc1cc(C(=O)O)c(=O)n(-c2ccccc2Br)n1. The van der Waals surface area contributed by atoms with E-state index in [9.17, 15) is 9.59 Å². The Bertz CT molecular complexity index is 679. The second-order valence-electron chi connectivity index (χ2n) is 3.67.